The number of aromatic nitrogens is 4. The zero-order valence-corrected chi connectivity index (χ0v) is 17.8. The molecule has 4 rings (SSSR count). The lowest BCUT2D eigenvalue weighted by molar-refractivity contribution is 0.0979. The number of nitrogens with zero attached hydrogens (tertiary/aromatic N) is 5. The maximum atomic E-state index is 13.4. The molecule has 0 bridgehead atoms. The largest absolute Gasteiger partial charge is 0.480 e. The van der Waals surface area contributed by atoms with Crippen LogP contribution in [0.1, 0.15) is 32.8 Å². The summed E-state index contributed by atoms with van der Waals surface area (Å²) >= 11 is 1.23. The molecule has 3 aromatic heterocycles. The molecule has 0 saturated carbocycles. The zero-order chi connectivity index (χ0) is 21.4. The fourth-order valence-electron chi connectivity index (χ4n) is 3.51. The Morgan fingerprint density at radius 3 is 2.70 bits per heavy atom. The highest BCUT2D eigenvalue weighted by molar-refractivity contribution is 7.20. The van der Waals surface area contributed by atoms with E-state index in [2.05, 4.69) is 21.0 Å². The molecule has 0 fully saturated rings. The van der Waals surface area contributed by atoms with Crippen LogP contribution in [0.5, 0.6) is 5.88 Å². The number of hydrogen-bond donors (Lipinski definition) is 0. The van der Waals surface area contributed by atoms with Gasteiger partial charge in [0.25, 0.3) is 0 Å². The highest BCUT2D eigenvalue weighted by Crippen LogP contribution is 2.37. The predicted molar refractivity (Wildman–Crippen MR) is 113 cm³/mol. The van der Waals surface area contributed by atoms with Crippen molar-refractivity contribution < 1.29 is 14.3 Å². The summed E-state index contributed by atoms with van der Waals surface area (Å²) < 4.78 is 12.3. The molecule has 152 valence electrons. The number of ketones is 1. The minimum atomic E-state index is -1.04. The van der Waals surface area contributed by atoms with Gasteiger partial charge in [0, 0.05) is 14.2 Å². The van der Waals surface area contributed by atoms with Crippen LogP contribution in [0.25, 0.3) is 21.3 Å². The molecule has 30 heavy (non-hydrogen) atoms. The van der Waals surface area contributed by atoms with Crippen molar-refractivity contribution in [2.75, 3.05) is 14.2 Å². The molecule has 0 spiro atoms. The third-order valence-corrected chi connectivity index (χ3v) is 6.17. The average Bonchev–Trinajstić information content (AvgIpc) is 3.26. The molecule has 0 aliphatic carbocycles. The minimum Gasteiger partial charge on any atom is -0.480 e. The molecule has 0 N–H and O–H groups in total. The SMILES string of the molecule is COCc1nc(OC)c2c(C)c(C(=O)C(C#N)c3nc4ccccc4n3C)sc2n1. The fourth-order valence-corrected chi connectivity index (χ4v) is 4.67. The Kier molecular flexibility index (Phi) is 5.20. The van der Waals surface area contributed by atoms with Crippen LogP contribution in [0.2, 0.25) is 0 Å². The van der Waals surface area contributed by atoms with E-state index in [4.69, 9.17) is 9.47 Å². The first kappa shape index (κ1) is 19.9. The first-order valence-corrected chi connectivity index (χ1v) is 9.99. The second-order valence-electron chi connectivity index (χ2n) is 6.76. The van der Waals surface area contributed by atoms with E-state index in [-0.39, 0.29) is 12.4 Å². The number of nitriles is 1. The smallest absolute Gasteiger partial charge is 0.225 e. The molecule has 0 amide bonds. The number of Topliss-reactive ketones (excluding diaryl/α,β-unsaturated/α-hetero) is 1. The summed E-state index contributed by atoms with van der Waals surface area (Å²) in [7, 11) is 4.89. The van der Waals surface area contributed by atoms with Gasteiger partial charge in [0.05, 0.1) is 34.5 Å². The van der Waals surface area contributed by atoms with Crippen LogP contribution < -0.4 is 4.74 Å². The van der Waals surface area contributed by atoms with Crippen LogP contribution in [0.4, 0.5) is 0 Å². The van der Waals surface area contributed by atoms with Gasteiger partial charge in [0.1, 0.15) is 17.3 Å². The molecule has 1 unspecified atom stereocenters. The van der Waals surface area contributed by atoms with Gasteiger partial charge < -0.3 is 14.0 Å². The molecule has 1 aromatic carbocycles. The minimum absolute atomic E-state index is 0.229. The summed E-state index contributed by atoms with van der Waals surface area (Å²) in [5.74, 6) is -0.0811. The van der Waals surface area contributed by atoms with Crippen molar-refractivity contribution in [3.8, 4) is 11.9 Å². The van der Waals surface area contributed by atoms with Crippen molar-refractivity contribution in [3.63, 3.8) is 0 Å². The van der Waals surface area contributed by atoms with E-state index >= 15 is 0 Å². The molecule has 4 aromatic rings. The van der Waals surface area contributed by atoms with Gasteiger partial charge in [-0.3, -0.25) is 4.79 Å². The number of carbonyl (C=O) groups is 1. The number of benzene rings is 1. The highest BCUT2D eigenvalue weighted by Gasteiger charge is 2.31. The van der Waals surface area contributed by atoms with Crippen molar-refractivity contribution in [1.29, 1.82) is 5.26 Å². The molecular formula is C21H19N5O3S. The van der Waals surface area contributed by atoms with Gasteiger partial charge in [-0.25, -0.2) is 9.97 Å². The Morgan fingerprint density at radius 2 is 2.03 bits per heavy atom. The maximum Gasteiger partial charge on any atom is 0.225 e. The Morgan fingerprint density at radius 1 is 1.27 bits per heavy atom. The van der Waals surface area contributed by atoms with Gasteiger partial charge >= 0.3 is 0 Å². The second-order valence-corrected chi connectivity index (χ2v) is 7.76. The zero-order valence-electron chi connectivity index (χ0n) is 17.0. The summed E-state index contributed by atoms with van der Waals surface area (Å²) in [4.78, 5) is 27.9. The lowest BCUT2D eigenvalue weighted by Gasteiger charge is -2.08. The van der Waals surface area contributed by atoms with Crippen LogP contribution in [0.3, 0.4) is 0 Å². The summed E-state index contributed by atoms with van der Waals surface area (Å²) in [5.41, 5.74) is 2.30. The maximum absolute atomic E-state index is 13.4. The van der Waals surface area contributed by atoms with Gasteiger partial charge in [-0.05, 0) is 24.6 Å². The number of aryl methyl sites for hydroxylation is 2. The number of carbonyl (C=O) groups excluding carboxylic acids is 1. The third kappa shape index (κ3) is 3.10. The first-order valence-electron chi connectivity index (χ1n) is 9.18. The highest BCUT2D eigenvalue weighted by atomic mass is 32.1. The van der Waals surface area contributed by atoms with E-state index in [1.165, 1.54) is 18.4 Å². The van der Waals surface area contributed by atoms with Gasteiger partial charge in [-0.15, -0.1) is 11.3 Å². The second kappa shape index (κ2) is 7.82. The quantitative estimate of drug-likeness (QED) is 0.439. The molecule has 3 heterocycles. The number of fused-ring (bicyclic) bond motifs is 2. The van der Waals surface area contributed by atoms with E-state index in [0.29, 0.717) is 38.2 Å². The number of thiophene rings is 1. The molecule has 8 nitrogen and oxygen atoms in total. The molecule has 0 aliphatic heterocycles. The third-order valence-electron chi connectivity index (χ3n) is 4.97. The Bertz CT molecular complexity index is 1320. The summed E-state index contributed by atoms with van der Waals surface area (Å²) in [5, 5.41) is 10.5. The Labute approximate surface area is 176 Å². The van der Waals surface area contributed by atoms with Crippen LogP contribution in [0, 0.1) is 18.3 Å². The lowest BCUT2D eigenvalue weighted by Crippen LogP contribution is -2.15. The normalized spacial score (nSPS) is 12.2. The van der Waals surface area contributed by atoms with E-state index in [9.17, 15) is 10.1 Å². The topological polar surface area (TPSA) is 103 Å². The molecule has 1 atom stereocenters. The van der Waals surface area contributed by atoms with Crippen LogP contribution >= 0.6 is 11.3 Å². The van der Waals surface area contributed by atoms with E-state index in [1.54, 1.807) is 11.7 Å². The number of para-hydroxylation sites is 2. The Balaban J connectivity index is 1.84. The molecule has 0 aliphatic rings. The molecule has 0 saturated heterocycles. The molecule has 9 heteroatoms. The standard InChI is InChI=1S/C21H19N5O3S/c1-11-16-20(29-4)24-15(10-28-3)25-21(16)30-18(11)17(27)12(9-22)19-23-13-7-5-6-8-14(13)26(19)2/h5-8,12H,10H2,1-4H3. The molecule has 0 radical (unpaired) electrons. The van der Waals surface area contributed by atoms with E-state index in [1.807, 2.05) is 38.2 Å². The van der Waals surface area contributed by atoms with Crippen molar-refractivity contribution in [2.24, 2.45) is 7.05 Å². The van der Waals surface area contributed by atoms with Crippen LogP contribution in [-0.4, -0.2) is 39.5 Å². The summed E-state index contributed by atoms with van der Waals surface area (Å²) in [6, 6.07) is 9.68. The number of imidazole rings is 1. The van der Waals surface area contributed by atoms with E-state index < -0.39 is 5.92 Å². The van der Waals surface area contributed by atoms with Gasteiger partial charge in [0.2, 0.25) is 5.88 Å². The molecular weight excluding hydrogens is 402 g/mol. The number of methoxy groups -OCH3 is 2. The van der Waals surface area contributed by atoms with Crippen molar-refractivity contribution in [3.05, 3.63) is 46.4 Å². The number of rotatable bonds is 6. The van der Waals surface area contributed by atoms with Crippen LogP contribution in [0.15, 0.2) is 24.3 Å². The van der Waals surface area contributed by atoms with Gasteiger partial charge in [0.15, 0.2) is 17.5 Å². The van der Waals surface area contributed by atoms with Gasteiger partial charge in [-0.2, -0.15) is 10.2 Å². The summed E-state index contributed by atoms with van der Waals surface area (Å²) in [6.45, 7) is 2.05. The Hall–Kier alpha value is -3.35. The average molecular weight is 421 g/mol. The van der Waals surface area contributed by atoms with Crippen molar-refractivity contribution in [1.82, 2.24) is 19.5 Å². The predicted octanol–water partition coefficient (Wildman–Crippen LogP) is 3.53. The summed E-state index contributed by atoms with van der Waals surface area (Å²) in [6.07, 6.45) is 0. The van der Waals surface area contributed by atoms with Crippen molar-refractivity contribution in [2.45, 2.75) is 19.4 Å². The van der Waals surface area contributed by atoms with E-state index in [0.717, 1.165) is 11.0 Å². The monoisotopic (exact) mass is 421 g/mol. The first-order chi connectivity index (χ1) is 14.5. The lowest BCUT2D eigenvalue weighted by atomic mass is 10.0. The fraction of sp³-hybridized carbons (Fsp3) is 0.286. The van der Waals surface area contributed by atoms with Gasteiger partial charge in [-0.1, -0.05) is 12.1 Å². The van der Waals surface area contributed by atoms with Crippen LogP contribution in [-0.2, 0) is 18.4 Å². The number of ether oxygens (including phenoxy) is 2. The number of hydrogen-bond acceptors (Lipinski definition) is 8. The van der Waals surface area contributed by atoms with Crippen molar-refractivity contribution >= 4 is 38.4 Å².